The molecule has 140 valence electrons. The molecule has 0 bridgehead atoms. The van der Waals surface area contributed by atoms with Crippen molar-refractivity contribution in [2.24, 2.45) is 4.99 Å². The van der Waals surface area contributed by atoms with Gasteiger partial charge in [-0.1, -0.05) is 30.3 Å². The summed E-state index contributed by atoms with van der Waals surface area (Å²) in [6.45, 7) is 4.30. The van der Waals surface area contributed by atoms with Crippen LogP contribution in [0, 0.1) is 10.1 Å². The number of nitro benzene ring substituents is 1. The van der Waals surface area contributed by atoms with Crippen molar-refractivity contribution in [1.82, 2.24) is 0 Å². The Kier molecular flexibility index (Phi) is 3.18. The van der Waals surface area contributed by atoms with Crippen LogP contribution in [-0.2, 0) is 5.41 Å². The third-order valence-corrected chi connectivity index (χ3v) is 6.14. The zero-order valence-corrected chi connectivity index (χ0v) is 15.8. The number of hydrogen-bond donors (Lipinski definition) is 0. The monoisotopic (exact) mass is 373 g/mol. The SMILES string of the molecule is CN1c2ccccc2C(C)(C)[C@]12C=Nc1c(ccc3c([N+](=O)[O-])cccc13)O2. The van der Waals surface area contributed by atoms with Gasteiger partial charge in [0.2, 0.25) is 5.72 Å². The van der Waals surface area contributed by atoms with E-state index in [2.05, 4.69) is 30.9 Å². The van der Waals surface area contributed by atoms with E-state index in [0.717, 1.165) is 5.69 Å². The Morgan fingerprint density at radius 2 is 1.82 bits per heavy atom. The van der Waals surface area contributed by atoms with Crippen LogP contribution >= 0.6 is 0 Å². The standard InChI is InChI=1S/C22H19N3O3/c1-21(2)16-8-4-5-9-18(16)24(3)22(21)13-23-20-15-7-6-10-17(25(26)27)14(15)11-12-19(20)28-22/h4-13H,1-3H3/t22-/m1/s1. The fourth-order valence-corrected chi connectivity index (χ4v) is 4.56. The largest absolute Gasteiger partial charge is 0.459 e. The van der Waals surface area contributed by atoms with Crippen LogP contribution in [0.25, 0.3) is 10.8 Å². The number of nitrogens with zero attached hydrogens (tertiary/aromatic N) is 3. The molecule has 2 heterocycles. The molecule has 0 saturated carbocycles. The van der Waals surface area contributed by atoms with Crippen molar-refractivity contribution >= 4 is 34.0 Å². The van der Waals surface area contributed by atoms with Crippen LogP contribution in [0.2, 0.25) is 0 Å². The second-order valence-electron chi connectivity index (χ2n) is 7.80. The van der Waals surface area contributed by atoms with Gasteiger partial charge in [0.05, 0.1) is 21.9 Å². The van der Waals surface area contributed by atoms with Gasteiger partial charge in [-0.2, -0.15) is 0 Å². The average molecular weight is 373 g/mol. The first-order valence-electron chi connectivity index (χ1n) is 9.14. The van der Waals surface area contributed by atoms with Crippen molar-refractivity contribution in [3.63, 3.8) is 0 Å². The number of ether oxygens (including phenoxy) is 1. The Balaban J connectivity index is 1.70. The molecule has 2 aliphatic rings. The molecule has 0 saturated heterocycles. The second kappa shape index (κ2) is 5.32. The van der Waals surface area contributed by atoms with E-state index in [4.69, 9.17) is 9.73 Å². The maximum atomic E-state index is 11.4. The van der Waals surface area contributed by atoms with Gasteiger partial charge in [0.15, 0.2) is 0 Å². The van der Waals surface area contributed by atoms with E-state index in [0.29, 0.717) is 22.2 Å². The van der Waals surface area contributed by atoms with E-state index in [1.165, 1.54) is 11.6 Å². The number of likely N-dealkylation sites (N-methyl/N-ethyl adjacent to an activating group) is 1. The lowest BCUT2D eigenvalue weighted by atomic mass is 9.77. The summed E-state index contributed by atoms with van der Waals surface area (Å²) in [7, 11) is 2.01. The lowest BCUT2D eigenvalue weighted by Crippen LogP contribution is -2.61. The lowest BCUT2D eigenvalue weighted by molar-refractivity contribution is -0.383. The van der Waals surface area contributed by atoms with E-state index < -0.39 is 5.72 Å². The number of rotatable bonds is 1. The van der Waals surface area contributed by atoms with Gasteiger partial charge >= 0.3 is 0 Å². The normalized spacial score (nSPS) is 21.5. The molecular weight excluding hydrogens is 354 g/mol. The van der Waals surface area contributed by atoms with Gasteiger partial charge in [-0.15, -0.1) is 0 Å². The highest BCUT2D eigenvalue weighted by atomic mass is 16.6. The van der Waals surface area contributed by atoms with Gasteiger partial charge in [0.25, 0.3) is 5.69 Å². The molecule has 1 spiro atoms. The van der Waals surface area contributed by atoms with Crippen molar-refractivity contribution in [3.05, 3.63) is 70.3 Å². The van der Waals surface area contributed by atoms with Gasteiger partial charge in [0, 0.05) is 24.2 Å². The minimum Gasteiger partial charge on any atom is -0.459 e. The van der Waals surface area contributed by atoms with Gasteiger partial charge in [-0.3, -0.25) is 15.1 Å². The second-order valence-corrected chi connectivity index (χ2v) is 7.80. The van der Waals surface area contributed by atoms with Crippen molar-refractivity contribution in [1.29, 1.82) is 0 Å². The molecule has 0 amide bonds. The Bertz CT molecular complexity index is 1180. The molecule has 6 heteroatoms. The van der Waals surface area contributed by atoms with Crippen LogP contribution in [-0.4, -0.2) is 23.9 Å². The zero-order chi connectivity index (χ0) is 19.7. The molecule has 0 unspecified atom stereocenters. The molecule has 0 N–H and O–H groups in total. The summed E-state index contributed by atoms with van der Waals surface area (Å²) in [6, 6.07) is 16.8. The maximum Gasteiger partial charge on any atom is 0.277 e. The van der Waals surface area contributed by atoms with Gasteiger partial charge in [0.1, 0.15) is 11.4 Å². The number of nitro groups is 1. The van der Waals surface area contributed by atoms with Crippen LogP contribution in [0.5, 0.6) is 5.75 Å². The predicted octanol–water partition coefficient (Wildman–Crippen LogP) is 4.97. The van der Waals surface area contributed by atoms with Crippen LogP contribution in [0.1, 0.15) is 19.4 Å². The van der Waals surface area contributed by atoms with Gasteiger partial charge < -0.3 is 9.64 Å². The zero-order valence-electron chi connectivity index (χ0n) is 15.8. The Morgan fingerprint density at radius 3 is 2.57 bits per heavy atom. The van der Waals surface area contributed by atoms with E-state index >= 15 is 0 Å². The van der Waals surface area contributed by atoms with Gasteiger partial charge in [-0.05, 0) is 37.6 Å². The van der Waals surface area contributed by atoms with Crippen molar-refractivity contribution in [2.45, 2.75) is 25.0 Å². The molecule has 3 aromatic rings. The fourth-order valence-electron chi connectivity index (χ4n) is 4.56. The van der Waals surface area contributed by atoms with E-state index in [9.17, 15) is 10.1 Å². The summed E-state index contributed by atoms with van der Waals surface area (Å²) in [5, 5.41) is 12.6. The number of hydrogen-bond acceptors (Lipinski definition) is 5. The van der Waals surface area contributed by atoms with E-state index in [1.54, 1.807) is 18.2 Å². The Hall–Kier alpha value is -3.41. The number of aliphatic imine (C=N–C) groups is 1. The van der Waals surface area contributed by atoms with Crippen LogP contribution in [0.3, 0.4) is 0 Å². The first-order chi connectivity index (χ1) is 13.4. The molecule has 3 aromatic carbocycles. The van der Waals surface area contributed by atoms with Crippen molar-refractivity contribution in [3.8, 4) is 5.75 Å². The number of benzene rings is 3. The molecule has 5 rings (SSSR count). The molecule has 0 aliphatic carbocycles. The molecule has 2 aliphatic heterocycles. The molecule has 0 aromatic heterocycles. The van der Waals surface area contributed by atoms with Crippen LogP contribution in [0.15, 0.2) is 59.6 Å². The third-order valence-electron chi connectivity index (χ3n) is 6.14. The summed E-state index contributed by atoms with van der Waals surface area (Å²) >= 11 is 0. The number of anilines is 1. The van der Waals surface area contributed by atoms with E-state index in [1.807, 2.05) is 31.5 Å². The third kappa shape index (κ3) is 1.89. The topological polar surface area (TPSA) is 68.0 Å². The number of fused-ring (bicyclic) bond motifs is 4. The minimum atomic E-state index is -0.766. The predicted molar refractivity (Wildman–Crippen MR) is 110 cm³/mol. The Labute approximate surface area is 162 Å². The van der Waals surface area contributed by atoms with Crippen LogP contribution in [0.4, 0.5) is 17.1 Å². The highest BCUT2D eigenvalue weighted by Gasteiger charge is 2.58. The van der Waals surface area contributed by atoms with Gasteiger partial charge in [-0.25, -0.2) is 0 Å². The minimum absolute atomic E-state index is 0.0708. The number of para-hydroxylation sites is 1. The molecule has 1 atom stereocenters. The van der Waals surface area contributed by atoms with Crippen molar-refractivity contribution in [2.75, 3.05) is 11.9 Å². The van der Waals surface area contributed by atoms with E-state index in [-0.39, 0.29) is 16.0 Å². The number of non-ortho nitro benzene ring substituents is 1. The fraction of sp³-hybridized carbons (Fsp3) is 0.227. The summed E-state index contributed by atoms with van der Waals surface area (Å²) in [5.41, 5.74) is 1.91. The average Bonchev–Trinajstić information content (AvgIpc) is 2.86. The highest BCUT2D eigenvalue weighted by Crippen LogP contribution is 2.54. The highest BCUT2D eigenvalue weighted by molar-refractivity contribution is 6.03. The quantitative estimate of drug-likeness (QED) is 0.446. The molecule has 0 fully saturated rings. The molecule has 28 heavy (non-hydrogen) atoms. The maximum absolute atomic E-state index is 11.4. The molecule has 0 radical (unpaired) electrons. The summed E-state index contributed by atoms with van der Waals surface area (Å²) in [4.78, 5) is 17.9. The summed E-state index contributed by atoms with van der Waals surface area (Å²) in [5.74, 6) is 0.628. The molecule has 6 nitrogen and oxygen atoms in total. The van der Waals surface area contributed by atoms with Crippen LogP contribution < -0.4 is 9.64 Å². The smallest absolute Gasteiger partial charge is 0.277 e. The first kappa shape index (κ1) is 16.7. The Morgan fingerprint density at radius 1 is 1.04 bits per heavy atom. The molecular formula is C22H19N3O3. The summed E-state index contributed by atoms with van der Waals surface area (Å²) < 4.78 is 6.61. The van der Waals surface area contributed by atoms with Crippen molar-refractivity contribution < 1.29 is 9.66 Å². The lowest BCUT2D eigenvalue weighted by Gasteiger charge is -2.44. The summed E-state index contributed by atoms with van der Waals surface area (Å²) in [6.07, 6.45) is 1.84. The first-order valence-corrected chi connectivity index (χ1v) is 9.14.